The third-order valence-electron chi connectivity index (χ3n) is 3.71. The van der Waals surface area contributed by atoms with E-state index in [0.29, 0.717) is 5.92 Å². The van der Waals surface area contributed by atoms with E-state index in [-0.39, 0.29) is 5.91 Å². The molecule has 4 nitrogen and oxygen atoms in total. The van der Waals surface area contributed by atoms with Crippen LogP contribution in [0.25, 0.3) is 0 Å². The summed E-state index contributed by atoms with van der Waals surface area (Å²) in [7, 11) is 0. The van der Waals surface area contributed by atoms with Gasteiger partial charge in [0.1, 0.15) is 0 Å². The number of carbonyl (C=O) groups excluding carboxylic acids is 1. The second-order valence-corrected chi connectivity index (χ2v) is 6.03. The first kappa shape index (κ1) is 16.0. The minimum absolute atomic E-state index is 0.0273. The van der Waals surface area contributed by atoms with Gasteiger partial charge in [-0.2, -0.15) is 0 Å². The number of carbonyl (C=O) groups is 1. The number of benzene rings is 1. The summed E-state index contributed by atoms with van der Waals surface area (Å²) < 4.78 is 5.36. The zero-order chi connectivity index (χ0) is 15.1. The molecule has 1 saturated heterocycles. The monoisotopic (exact) mass is 290 g/mol. The number of amides is 1. The van der Waals surface area contributed by atoms with Crippen LogP contribution in [0.2, 0.25) is 0 Å². The van der Waals surface area contributed by atoms with E-state index in [2.05, 4.69) is 30.1 Å². The summed E-state index contributed by atoms with van der Waals surface area (Å²) in [4.78, 5) is 14.5. The van der Waals surface area contributed by atoms with Gasteiger partial charge in [-0.3, -0.25) is 9.69 Å². The normalized spacial score (nSPS) is 16.1. The van der Waals surface area contributed by atoms with Crippen LogP contribution in [0.4, 0.5) is 0 Å². The van der Waals surface area contributed by atoms with E-state index in [4.69, 9.17) is 4.74 Å². The van der Waals surface area contributed by atoms with Crippen molar-refractivity contribution in [2.24, 2.45) is 5.92 Å². The van der Waals surface area contributed by atoms with Gasteiger partial charge in [0, 0.05) is 31.7 Å². The average Bonchev–Trinajstić information content (AvgIpc) is 2.48. The Kier molecular flexibility index (Phi) is 6.21. The first-order valence-corrected chi connectivity index (χ1v) is 7.82. The number of nitrogens with one attached hydrogen (secondary N) is 1. The second kappa shape index (κ2) is 8.15. The number of hydrogen-bond acceptors (Lipinski definition) is 3. The maximum atomic E-state index is 12.1. The fourth-order valence-electron chi connectivity index (χ4n) is 2.40. The molecule has 21 heavy (non-hydrogen) atoms. The SMILES string of the molecule is CC(C)CCNC(=O)c1cccc(CN2CCOCC2)c1. The molecule has 1 aromatic rings. The van der Waals surface area contributed by atoms with Crippen molar-refractivity contribution in [2.45, 2.75) is 26.8 Å². The Morgan fingerprint density at radius 1 is 1.33 bits per heavy atom. The molecule has 2 rings (SSSR count). The molecule has 0 spiro atoms. The molecule has 4 heteroatoms. The maximum absolute atomic E-state index is 12.1. The molecule has 0 saturated carbocycles. The van der Waals surface area contributed by atoms with Crippen LogP contribution in [0, 0.1) is 5.92 Å². The van der Waals surface area contributed by atoms with Crippen LogP contribution >= 0.6 is 0 Å². The summed E-state index contributed by atoms with van der Waals surface area (Å²) in [6.45, 7) is 9.48. The van der Waals surface area contributed by atoms with Gasteiger partial charge in [0.25, 0.3) is 5.91 Å². The molecule has 1 fully saturated rings. The van der Waals surface area contributed by atoms with Crippen molar-refractivity contribution in [1.29, 1.82) is 0 Å². The number of hydrogen-bond donors (Lipinski definition) is 1. The standard InChI is InChI=1S/C17H26N2O2/c1-14(2)6-7-18-17(20)16-5-3-4-15(12-16)13-19-8-10-21-11-9-19/h3-5,12,14H,6-11,13H2,1-2H3,(H,18,20). The van der Waals surface area contributed by atoms with E-state index in [1.807, 2.05) is 18.2 Å². The van der Waals surface area contributed by atoms with Crippen LogP contribution in [0.15, 0.2) is 24.3 Å². The molecule has 0 radical (unpaired) electrons. The average molecular weight is 290 g/mol. The van der Waals surface area contributed by atoms with Crippen LogP contribution in [0.3, 0.4) is 0 Å². The number of nitrogens with zero attached hydrogens (tertiary/aromatic N) is 1. The lowest BCUT2D eigenvalue weighted by Gasteiger charge is -2.26. The van der Waals surface area contributed by atoms with Crippen molar-refractivity contribution in [1.82, 2.24) is 10.2 Å². The second-order valence-electron chi connectivity index (χ2n) is 6.03. The molecule has 1 N–H and O–H groups in total. The van der Waals surface area contributed by atoms with Crippen LogP contribution in [0.5, 0.6) is 0 Å². The molecule has 1 aliphatic heterocycles. The van der Waals surface area contributed by atoms with Crippen molar-refractivity contribution < 1.29 is 9.53 Å². The molecule has 0 aliphatic carbocycles. The van der Waals surface area contributed by atoms with E-state index < -0.39 is 0 Å². The van der Waals surface area contributed by atoms with Crippen molar-refractivity contribution in [3.63, 3.8) is 0 Å². The van der Waals surface area contributed by atoms with Crippen LogP contribution in [-0.2, 0) is 11.3 Å². The van der Waals surface area contributed by atoms with Crippen molar-refractivity contribution in [3.05, 3.63) is 35.4 Å². The minimum atomic E-state index is 0.0273. The highest BCUT2D eigenvalue weighted by Gasteiger charge is 2.12. The molecule has 0 aromatic heterocycles. The Hall–Kier alpha value is -1.39. The topological polar surface area (TPSA) is 41.6 Å². The molecule has 0 atom stereocenters. The van der Waals surface area contributed by atoms with E-state index in [1.165, 1.54) is 5.56 Å². The zero-order valence-electron chi connectivity index (χ0n) is 13.1. The molecule has 1 heterocycles. The Labute approximate surface area is 127 Å². The van der Waals surface area contributed by atoms with Gasteiger partial charge < -0.3 is 10.1 Å². The van der Waals surface area contributed by atoms with Gasteiger partial charge >= 0.3 is 0 Å². The van der Waals surface area contributed by atoms with Gasteiger partial charge in [-0.25, -0.2) is 0 Å². The Morgan fingerprint density at radius 3 is 2.81 bits per heavy atom. The minimum Gasteiger partial charge on any atom is -0.379 e. The van der Waals surface area contributed by atoms with Crippen LogP contribution in [0.1, 0.15) is 36.2 Å². The molecule has 1 aromatic carbocycles. The third-order valence-corrected chi connectivity index (χ3v) is 3.71. The Balaban J connectivity index is 1.88. The number of ether oxygens (including phenoxy) is 1. The van der Waals surface area contributed by atoms with E-state index in [9.17, 15) is 4.79 Å². The molecular formula is C17H26N2O2. The van der Waals surface area contributed by atoms with Crippen molar-refractivity contribution >= 4 is 5.91 Å². The zero-order valence-corrected chi connectivity index (χ0v) is 13.1. The lowest BCUT2D eigenvalue weighted by atomic mass is 10.1. The quantitative estimate of drug-likeness (QED) is 0.874. The highest BCUT2D eigenvalue weighted by molar-refractivity contribution is 5.94. The predicted molar refractivity (Wildman–Crippen MR) is 84.3 cm³/mol. The summed E-state index contributed by atoms with van der Waals surface area (Å²) in [6, 6.07) is 7.93. The summed E-state index contributed by atoms with van der Waals surface area (Å²) in [5.41, 5.74) is 1.94. The highest BCUT2D eigenvalue weighted by atomic mass is 16.5. The Morgan fingerprint density at radius 2 is 2.10 bits per heavy atom. The smallest absolute Gasteiger partial charge is 0.251 e. The van der Waals surface area contributed by atoms with Gasteiger partial charge in [-0.15, -0.1) is 0 Å². The lowest BCUT2D eigenvalue weighted by molar-refractivity contribution is 0.0342. The van der Waals surface area contributed by atoms with E-state index in [0.717, 1.165) is 51.4 Å². The highest BCUT2D eigenvalue weighted by Crippen LogP contribution is 2.10. The fraction of sp³-hybridized carbons (Fsp3) is 0.588. The van der Waals surface area contributed by atoms with Gasteiger partial charge in [0.2, 0.25) is 0 Å². The predicted octanol–water partition coefficient (Wildman–Crippen LogP) is 2.29. The molecule has 0 bridgehead atoms. The number of morpholine rings is 1. The third kappa shape index (κ3) is 5.48. The summed E-state index contributed by atoms with van der Waals surface area (Å²) in [5, 5.41) is 2.99. The molecule has 1 aliphatic rings. The van der Waals surface area contributed by atoms with Gasteiger partial charge in [0.05, 0.1) is 13.2 Å². The van der Waals surface area contributed by atoms with Crippen LogP contribution < -0.4 is 5.32 Å². The molecule has 116 valence electrons. The van der Waals surface area contributed by atoms with Crippen molar-refractivity contribution in [3.8, 4) is 0 Å². The molecule has 0 unspecified atom stereocenters. The first-order valence-electron chi connectivity index (χ1n) is 7.82. The van der Waals surface area contributed by atoms with Crippen LogP contribution in [-0.4, -0.2) is 43.7 Å². The summed E-state index contributed by atoms with van der Waals surface area (Å²) >= 11 is 0. The summed E-state index contributed by atoms with van der Waals surface area (Å²) in [5.74, 6) is 0.637. The maximum Gasteiger partial charge on any atom is 0.251 e. The van der Waals surface area contributed by atoms with Gasteiger partial charge in [-0.05, 0) is 30.0 Å². The van der Waals surface area contributed by atoms with E-state index in [1.54, 1.807) is 0 Å². The molecular weight excluding hydrogens is 264 g/mol. The largest absolute Gasteiger partial charge is 0.379 e. The molecule has 1 amide bonds. The van der Waals surface area contributed by atoms with E-state index >= 15 is 0 Å². The first-order chi connectivity index (χ1) is 10.1. The Bertz CT molecular complexity index is 454. The number of rotatable bonds is 6. The van der Waals surface area contributed by atoms with Gasteiger partial charge in [-0.1, -0.05) is 26.0 Å². The van der Waals surface area contributed by atoms with Gasteiger partial charge in [0.15, 0.2) is 0 Å². The lowest BCUT2D eigenvalue weighted by Crippen LogP contribution is -2.35. The summed E-state index contributed by atoms with van der Waals surface area (Å²) in [6.07, 6.45) is 1.01. The fourth-order valence-corrected chi connectivity index (χ4v) is 2.40. The van der Waals surface area contributed by atoms with Crippen molar-refractivity contribution in [2.75, 3.05) is 32.8 Å².